The second-order valence-corrected chi connectivity index (χ2v) is 3.11. The summed E-state index contributed by atoms with van der Waals surface area (Å²) in [4.78, 5) is 10.1. The van der Waals surface area contributed by atoms with Gasteiger partial charge >= 0.3 is 0 Å². The van der Waals surface area contributed by atoms with Gasteiger partial charge in [0.25, 0.3) is 0 Å². The van der Waals surface area contributed by atoms with Crippen LogP contribution >= 0.6 is 23.2 Å². The van der Waals surface area contributed by atoms with E-state index in [4.69, 9.17) is 23.2 Å². The lowest BCUT2D eigenvalue weighted by atomic mass is 10.1. The van der Waals surface area contributed by atoms with Crippen LogP contribution in [-0.2, 0) is 10.7 Å². The molecule has 0 spiro atoms. The zero-order chi connectivity index (χ0) is 9.68. The van der Waals surface area contributed by atoms with Gasteiger partial charge in [0.15, 0.2) is 0 Å². The molecule has 0 saturated heterocycles. The summed E-state index contributed by atoms with van der Waals surface area (Å²) >= 11 is 11.6. The summed E-state index contributed by atoms with van der Waals surface area (Å²) in [6.45, 7) is 0. The van der Waals surface area contributed by atoms with Crippen molar-refractivity contribution < 1.29 is 4.79 Å². The molecule has 0 heterocycles. The Kier molecular flexibility index (Phi) is 4.00. The quantitative estimate of drug-likeness (QED) is 0.429. The van der Waals surface area contributed by atoms with Gasteiger partial charge in [-0.15, -0.1) is 11.6 Å². The van der Waals surface area contributed by atoms with Crippen molar-refractivity contribution in [2.24, 2.45) is 0 Å². The molecule has 0 aliphatic heterocycles. The van der Waals surface area contributed by atoms with Gasteiger partial charge in [-0.2, -0.15) is 0 Å². The van der Waals surface area contributed by atoms with Gasteiger partial charge in [-0.1, -0.05) is 29.8 Å². The Morgan fingerprint density at radius 2 is 2.15 bits per heavy atom. The summed E-state index contributed by atoms with van der Waals surface area (Å²) in [6, 6.07) is 5.46. The first kappa shape index (κ1) is 10.3. The molecule has 0 aliphatic rings. The number of halogens is 2. The Labute approximate surface area is 87.0 Å². The van der Waals surface area contributed by atoms with Crippen LogP contribution in [-0.4, -0.2) is 6.29 Å². The molecule has 3 heteroatoms. The summed E-state index contributed by atoms with van der Waals surface area (Å²) in [5.41, 5.74) is 1.73. The molecule has 0 atom stereocenters. The maximum absolute atomic E-state index is 10.1. The number of hydrogen-bond donors (Lipinski definition) is 0. The summed E-state index contributed by atoms with van der Waals surface area (Å²) < 4.78 is 0. The number of rotatable bonds is 3. The van der Waals surface area contributed by atoms with Crippen LogP contribution in [0.4, 0.5) is 0 Å². The van der Waals surface area contributed by atoms with Crippen LogP contribution in [0.5, 0.6) is 0 Å². The molecular weight excluding hydrogens is 207 g/mol. The molecule has 0 unspecified atom stereocenters. The van der Waals surface area contributed by atoms with E-state index < -0.39 is 0 Å². The fourth-order valence-electron chi connectivity index (χ4n) is 1.02. The largest absolute Gasteiger partial charge is 0.299 e. The molecule has 0 aromatic heterocycles. The first-order valence-corrected chi connectivity index (χ1v) is 4.66. The number of allylic oxidation sites excluding steroid dienone is 1. The predicted octanol–water partition coefficient (Wildman–Crippen LogP) is 3.29. The van der Waals surface area contributed by atoms with E-state index >= 15 is 0 Å². The Hall–Kier alpha value is -0.790. The number of aldehydes is 1. The molecule has 0 radical (unpaired) electrons. The number of carbonyl (C=O) groups excluding carboxylic acids is 1. The highest BCUT2D eigenvalue weighted by Gasteiger charge is 2.02. The van der Waals surface area contributed by atoms with Gasteiger partial charge in [0.05, 0.1) is 0 Å². The monoisotopic (exact) mass is 214 g/mol. The summed E-state index contributed by atoms with van der Waals surface area (Å²) in [5.74, 6) is 0.345. The number of carbonyl (C=O) groups is 1. The molecule has 13 heavy (non-hydrogen) atoms. The van der Waals surface area contributed by atoms with Crippen molar-refractivity contribution in [2.75, 3.05) is 0 Å². The number of benzene rings is 1. The smallest absolute Gasteiger partial charge is 0.142 e. The van der Waals surface area contributed by atoms with Crippen molar-refractivity contribution >= 4 is 35.6 Å². The van der Waals surface area contributed by atoms with E-state index in [9.17, 15) is 4.79 Å². The first-order valence-electron chi connectivity index (χ1n) is 3.74. The molecule has 1 rings (SSSR count). The minimum atomic E-state index is 0.345. The van der Waals surface area contributed by atoms with Crippen LogP contribution < -0.4 is 0 Å². The van der Waals surface area contributed by atoms with Crippen molar-refractivity contribution in [1.82, 2.24) is 0 Å². The van der Waals surface area contributed by atoms with E-state index in [-0.39, 0.29) is 0 Å². The summed E-state index contributed by atoms with van der Waals surface area (Å²) in [6.07, 6.45) is 3.83. The number of hydrogen-bond acceptors (Lipinski definition) is 1. The van der Waals surface area contributed by atoms with E-state index in [1.165, 1.54) is 6.08 Å². The van der Waals surface area contributed by atoms with E-state index in [2.05, 4.69) is 0 Å². The van der Waals surface area contributed by atoms with Crippen molar-refractivity contribution in [3.63, 3.8) is 0 Å². The van der Waals surface area contributed by atoms with Gasteiger partial charge in [-0.05, 0) is 23.3 Å². The highest BCUT2D eigenvalue weighted by atomic mass is 35.5. The second-order valence-electron chi connectivity index (χ2n) is 2.44. The van der Waals surface area contributed by atoms with Crippen LogP contribution in [0.25, 0.3) is 6.08 Å². The molecule has 0 fully saturated rings. The standard InChI is InChI=1S/C10H8Cl2O/c11-7-9-8(4-2-6-13)3-1-5-10(9)12/h1-6H,7H2/b4-2-. The third-order valence-electron chi connectivity index (χ3n) is 1.64. The summed E-state index contributed by atoms with van der Waals surface area (Å²) in [7, 11) is 0. The molecule has 0 bridgehead atoms. The molecule has 1 nitrogen and oxygen atoms in total. The highest BCUT2D eigenvalue weighted by molar-refractivity contribution is 6.32. The average Bonchev–Trinajstić information content (AvgIpc) is 2.15. The van der Waals surface area contributed by atoms with Crippen LogP contribution in [0.1, 0.15) is 11.1 Å². The zero-order valence-corrected chi connectivity index (χ0v) is 8.35. The lowest BCUT2D eigenvalue weighted by molar-refractivity contribution is -0.104. The van der Waals surface area contributed by atoms with Crippen molar-refractivity contribution in [3.8, 4) is 0 Å². The lowest BCUT2D eigenvalue weighted by Crippen LogP contribution is -1.85. The van der Waals surface area contributed by atoms with Gasteiger partial charge in [0, 0.05) is 10.9 Å². The van der Waals surface area contributed by atoms with Crippen LogP contribution in [0.15, 0.2) is 24.3 Å². The van der Waals surface area contributed by atoms with Crippen LogP contribution in [0.3, 0.4) is 0 Å². The van der Waals surface area contributed by atoms with Gasteiger partial charge in [0.2, 0.25) is 0 Å². The summed E-state index contributed by atoms with van der Waals surface area (Å²) in [5, 5.41) is 0.628. The molecule has 0 saturated carbocycles. The van der Waals surface area contributed by atoms with Gasteiger partial charge < -0.3 is 0 Å². The Morgan fingerprint density at radius 3 is 2.77 bits per heavy atom. The fraction of sp³-hybridized carbons (Fsp3) is 0.100. The molecule has 1 aromatic rings. The second kappa shape index (κ2) is 5.05. The first-order chi connectivity index (χ1) is 6.29. The highest BCUT2D eigenvalue weighted by Crippen LogP contribution is 2.22. The Bertz CT molecular complexity index is 332. The van der Waals surface area contributed by atoms with Crippen molar-refractivity contribution in [1.29, 1.82) is 0 Å². The minimum Gasteiger partial charge on any atom is -0.299 e. The molecule has 68 valence electrons. The van der Waals surface area contributed by atoms with Crippen molar-refractivity contribution in [3.05, 3.63) is 40.4 Å². The predicted molar refractivity (Wildman–Crippen MR) is 56.1 cm³/mol. The molecule has 0 amide bonds. The number of alkyl halides is 1. The van der Waals surface area contributed by atoms with E-state index in [1.807, 2.05) is 12.1 Å². The normalized spacial score (nSPS) is 10.6. The van der Waals surface area contributed by atoms with Gasteiger partial charge in [0.1, 0.15) is 6.29 Å². The third-order valence-corrected chi connectivity index (χ3v) is 2.26. The SMILES string of the molecule is O=C/C=C\c1cccc(Cl)c1CCl. The lowest BCUT2D eigenvalue weighted by Gasteiger charge is -2.03. The van der Waals surface area contributed by atoms with Gasteiger partial charge in [-0.25, -0.2) is 0 Å². The topological polar surface area (TPSA) is 17.1 Å². The zero-order valence-electron chi connectivity index (χ0n) is 6.84. The fourth-order valence-corrected chi connectivity index (χ4v) is 1.63. The Balaban J connectivity index is 3.12. The van der Waals surface area contributed by atoms with E-state index in [0.29, 0.717) is 10.9 Å². The van der Waals surface area contributed by atoms with E-state index in [0.717, 1.165) is 17.4 Å². The molecule has 1 aromatic carbocycles. The average molecular weight is 215 g/mol. The Morgan fingerprint density at radius 1 is 1.38 bits per heavy atom. The van der Waals surface area contributed by atoms with Crippen molar-refractivity contribution in [2.45, 2.75) is 5.88 Å². The molecular formula is C10H8Cl2O. The maximum Gasteiger partial charge on any atom is 0.142 e. The van der Waals surface area contributed by atoms with E-state index in [1.54, 1.807) is 12.1 Å². The van der Waals surface area contributed by atoms with Gasteiger partial charge in [-0.3, -0.25) is 4.79 Å². The minimum absolute atomic E-state index is 0.345. The van der Waals surface area contributed by atoms with Crippen LogP contribution in [0.2, 0.25) is 5.02 Å². The third kappa shape index (κ3) is 2.58. The maximum atomic E-state index is 10.1. The molecule has 0 N–H and O–H groups in total. The van der Waals surface area contributed by atoms with Crippen LogP contribution in [0, 0.1) is 0 Å². The molecule has 0 aliphatic carbocycles.